The molecule has 1 amide bonds. The first kappa shape index (κ1) is 15.9. The van der Waals surface area contributed by atoms with Gasteiger partial charge in [-0.05, 0) is 42.3 Å². The van der Waals surface area contributed by atoms with E-state index in [1.807, 2.05) is 31.2 Å². The number of carbonyl (C=O) groups is 1. The zero-order valence-electron chi connectivity index (χ0n) is 13.2. The second-order valence-electron chi connectivity index (χ2n) is 5.14. The van der Waals surface area contributed by atoms with Crippen LogP contribution in [0.2, 0.25) is 0 Å². The van der Waals surface area contributed by atoms with Crippen molar-refractivity contribution in [1.29, 1.82) is 0 Å². The fourth-order valence-electron chi connectivity index (χ4n) is 2.06. The normalized spacial score (nSPS) is 10.1. The van der Waals surface area contributed by atoms with Crippen LogP contribution in [0.1, 0.15) is 11.1 Å². The predicted octanol–water partition coefficient (Wildman–Crippen LogP) is 3.04. The van der Waals surface area contributed by atoms with E-state index in [-0.39, 0.29) is 12.5 Å². The molecule has 0 N–H and O–H groups in total. The highest BCUT2D eigenvalue weighted by molar-refractivity contribution is 5.77. The van der Waals surface area contributed by atoms with E-state index in [1.165, 1.54) is 5.56 Å². The zero-order chi connectivity index (χ0) is 15.9. The molecular formula is C18H21NO3. The van der Waals surface area contributed by atoms with Crippen molar-refractivity contribution in [3.8, 4) is 11.5 Å². The van der Waals surface area contributed by atoms with Crippen LogP contribution in [-0.4, -0.2) is 31.6 Å². The average molecular weight is 299 g/mol. The van der Waals surface area contributed by atoms with Crippen molar-refractivity contribution in [1.82, 2.24) is 4.90 Å². The number of ether oxygens (including phenoxy) is 2. The van der Waals surface area contributed by atoms with Gasteiger partial charge >= 0.3 is 0 Å². The number of benzene rings is 2. The van der Waals surface area contributed by atoms with E-state index >= 15 is 0 Å². The molecule has 0 aliphatic rings. The van der Waals surface area contributed by atoms with Gasteiger partial charge in [-0.2, -0.15) is 0 Å². The first-order chi connectivity index (χ1) is 10.6. The average Bonchev–Trinajstić information content (AvgIpc) is 2.55. The minimum atomic E-state index is -0.0564. The molecule has 0 radical (unpaired) electrons. The number of methoxy groups -OCH3 is 1. The molecule has 0 heterocycles. The fourth-order valence-corrected chi connectivity index (χ4v) is 2.06. The van der Waals surface area contributed by atoms with E-state index in [9.17, 15) is 4.79 Å². The number of carbonyl (C=O) groups excluding carboxylic acids is 1. The largest absolute Gasteiger partial charge is 0.497 e. The van der Waals surface area contributed by atoms with E-state index in [0.29, 0.717) is 12.3 Å². The Morgan fingerprint density at radius 1 is 1.05 bits per heavy atom. The lowest BCUT2D eigenvalue weighted by Crippen LogP contribution is -2.31. The van der Waals surface area contributed by atoms with Crippen LogP contribution < -0.4 is 9.47 Å². The van der Waals surface area contributed by atoms with Gasteiger partial charge < -0.3 is 14.4 Å². The van der Waals surface area contributed by atoms with E-state index in [1.54, 1.807) is 43.3 Å². The molecule has 4 heteroatoms. The van der Waals surface area contributed by atoms with Crippen LogP contribution in [0.3, 0.4) is 0 Å². The summed E-state index contributed by atoms with van der Waals surface area (Å²) < 4.78 is 10.6. The van der Waals surface area contributed by atoms with Crippen LogP contribution in [0.15, 0.2) is 48.5 Å². The molecule has 116 valence electrons. The van der Waals surface area contributed by atoms with Gasteiger partial charge in [-0.3, -0.25) is 4.79 Å². The Kier molecular flexibility index (Phi) is 5.42. The quantitative estimate of drug-likeness (QED) is 0.823. The van der Waals surface area contributed by atoms with Crippen molar-refractivity contribution in [3.05, 3.63) is 59.7 Å². The monoisotopic (exact) mass is 299 g/mol. The Balaban J connectivity index is 1.87. The number of nitrogens with zero attached hydrogens (tertiary/aromatic N) is 1. The molecule has 22 heavy (non-hydrogen) atoms. The van der Waals surface area contributed by atoms with Crippen LogP contribution in [-0.2, 0) is 11.3 Å². The lowest BCUT2D eigenvalue weighted by Gasteiger charge is -2.18. The molecule has 0 aromatic heterocycles. The molecule has 0 saturated heterocycles. The Morgan fingerprint density at radius 3 is 2.32 bits per heavy atom. The number of hydrogen-bond donors (Lipinski definition) is 0. The maximum absolute atomic E-state index is 12.1. The van der Waals surface area contributed by atoms with Crippen LogP contribution in [0, 0.1) is 6.92 Å². The SMILES string of the molecule is COc1ccc(OCC(=O)N(C)Cc2ccccc2C)cc1. The number of hydrogen-bond acceptors (Lipinski definition) is 3. The summed E-state index contributed by atoms with van der Waals surface area (Å²) in [4.78, 5) is 13.8. The topological polar surface area (TPSA) is 38.8 Å². The van der Waals surface area contributed by atoms with E-state index in [0.717, 1.165) is 11.3 Å². The third kappa shape index (κ3) is 4.25. The second kappa shape index (κ2) is 7.50. The van der Waals surface area contributed by atoms with Crippen molar-refractivity contribution < 1.29 is 14.3 Å². The van der Waals surface area contributed by atoms with Gasteiger partial charge in [0.2, 0.25) is 0 Å². The van der Waals surface area contributed by atoms with Crippen LogP contribution in [0.5, 0.6) is 11.5 Å². The van der Waals surface area contributed by atoms with Gasteiger partial charge in [0.1, 0.15) is 11.5 Å². The molecule has 0 unspecified atom stereocenters. The van der Waals surface area contributed by atoms with Gasteiger partial charge in [0.05, 0.1) is 7.11 Å². The third-order valence-electron chi connectivity index (χ3n) is 3.52. The second-order valence-corrected chi connectivity index (χ2v) is 5.14. The summed E-state index contributed by atoms with van der Waals surface area (Å²) in [5, 5.41) is 0. The Hall–Kier alpha value is -2.49. The molecular weight excluding hydrogens is 278 g/mol. The molecule has 0 atom stereocenters. The van der Waals surface area contributed by atoms with Crippen molar-refractivity contribution in [2.24, 2.45) is 0 Å². The maximum Gasteiger partial charge on any atom is 0.260 e. The van der Waals surface area contributed by atoms with Crippen molar-refractivity contribution in [3.63, 3.8) is 0 Å². The highest BCUT2D eigenvalue weighted by Crippen LogP contribution is 2.17. The molecule has 0 saturated carbocycles. The number of amides is 1. The van der Waals surface area contributed by atoms with Crippen LogP contribution in [0.4, 0.5) is 0 Å². The Labute approximate surface area is 131 Å². The minimum Gasteiger partial charge on any atom is -0.497 e. The van der Waals surface area contributed by atoms with Crippen LogP contribution >= 0.6 is 0 Å². The lowest BCUT2D eigenvalue weighted by molar-refractivity contribution is -0.132. The number of rotatable bonds is 6. The molecule has 2 rings (SSSR count). The molecule has 0 fully saturated rings. The highest BCUT2D eigenvalue weighted by Gasteiger charge is 2.11. The molecule has 4 nitrogen and oxygen atoms in total. The van der Waals surface area contributed by atoms with E-state index < -0.39 is 0 Å². The van der Waals surface area contributed by atoms with Gasteiger partial charge in [-0.15, -0.1) is 0 Å². The summed E-state index contributed by atoms with van der Waals surface area (Å²) in [5.74, 6) is 1.35. The number of likely N-dealkylation sites (N-methyl/N-ethyl adjacent to an activating group) is 1. The molecule has 0 aliphatic heterocycles. The minimum absolute atomic E-state index is 0.0225. The summed E-state index contributed by atoms with van der Waals surface area (Å²) in [6.07, 6.45) is 0. The Bertz CT molecular complexity index is 622. The summed E-state index contributed by atoms with van der Waals surface area (Å²) in [7, 11) is 3.39. The van der Waals surface area contributed by atoms with E-state index in [2.05, 4.69) is 0 Å². The molecule has 0 bridgehead atoms. The smallest absolute Gasteiger partial charge is 0.260 e. The fraction of sp³-hybridized carbons (Fsp3) is 0.278. The summed E-state index contributed by atoms with van der Waals surface area (Å²) in [6.45, 7) is 2.65. The first-order valence-corrected chi connectivity index (χ1v) is 7.15. The van der Waals surface area contributed by atoms with Gasteiger partial charge in [-0.25, -0.2) is 0 Å². The van der Waals surface area contributed by atoms with E-state index in [4.69, 9.17) is 9.47 Å². The molecule has 0 aliphatic carbocycles. The third-order valence-corrected chi connectivity index (χ3v) is 3.52. The molecule has 2 aromatic carbocycles. The lowest BCUT2D eigenvalue weighted by atomic mass is 10.1. The van der Waals surface area contributed by atoms with Crippen molar-refractivity contribution >= 4 is 5.91 Å². The molecule has 0 spiro atoms. The van der Waals surface area contributed by atoms with Gasteiger partial charge in [-0.1, -0.05) is 24.3 Å². The maximum atomic E-state index is 12.1. The van der Waals surface area contributed by atoms with Gasteiger partial charge in [0.25, 0.3) is 5.91 Å². The van der Waals surface area contributed by atoms with Crippen molar-refractivity contribution in [2.45, 2.75) is 13.5 Å². The summed E-state index contributed by atoms with van der Waals surface area (Å²) in [6, 6.07) is 15.2. The van der Waals surface area contributed by atoms with Gasteiger partial charge in [0.15, 0.2) is 6.61 Å². The summed E-state index contributed by atoms with van der Waals surface area (Å²) in [5.41, 5.74) is 2.32. The first-order valence-electron chi connectivity index (χ1n) is 7.15. The van der Waals surface area contributed by atoms with Crippen molar-refractivity contribution in [2.75, 3.05) is 20.8 Å². The van der Waals surface area contributed by atoms with Crippen LogP contribution in [0.25, 0.3) is 0 Å². The standard InChI is InChI=1S/C18H21NO3/c1-14-6-4-5-7-15(14)12-19(2)18(20)13-22-17-10-8-16(21-3)9-11-17/h4-11H,12-13H2,1-3H3. The predicted molar refractivity (Wildman–Crippen MR) is 86.1 cm³/mol. The number of aryl methyl sites for hydroxylation is 1. The summed E-state index contributed by atoms with van der Waals surface area (Å²) >= 11 is 0. The Morgan fingerprint density at radius 2 is 1.68 bits per heavy atom. The highest BCUT2D eigenvalue weighted by atomic mass is 16.5. The van der Waals surface area contributed by atoms with Gasteiger partial charge in [0, 0.05) is 13.6 Å². The zero-order valence-corrected chi connectivity index (χ0v) is 13.2. The molecule has 2 aromatic rings.